The maximum absolute atomic E-state index is 12.7. The van der Waals surface area contributed by atoms with Crippen molar-refractivity contribution in [3.63, 3.8) is 0 Å². The van der Waals surface area contributed by atoms with E-state index in [2.05, 4.69) is 15.5 Å². The van der Waals surface area contributed by atoms with Crippen LogP contribution in [0, 0.1) is 25.7 Å². The van der Waals surface area contributed by atoms with Crippen molar-refractivity contribution < 1.29 is 14.1 Å². The molecule has 28 heavy (non-hydrogen) atoms. The predicted molar refractivity (Wildman–Crippen MR) is 105 cm³/mol. The molecule has 7 nitrogen and oxygen atoms in total. The van der Waals surface area contributed by atoms with Crippen LogP contribution in [0.5, 0.6) is 0 Å². The number of thiophene rings is 1. The monoisotopic (exact) mass is 402 g/mol. The van der Waals surface area contributed by atoms with Gasteiger partial charge in [0.25, 0.3) is 5.91 Å². The first kappa shape index (κ1) is 19.1. The molecule has 2 aliphatic rings. The maximum Gasteiger partial charge on any atom is 0.261 e. The Hall–Kier alpha value is -2.22. The Labute approximate surface area is 168 Å². The summed E-state index contributed by atoms with van der Waals surface area (Å²) in [6.07, 6.45) is 1.51. The molecule has 2 aromatic heterocycles. The summed E-state index contributed by atoms with van der Waals surface area (Å²) in [5.74, 6) is 1.48. The lowest BCUT2D eigenvalue weighted by atomic mass is 9.80. The van der Waals surface area contributed by atoms with Crippen LogP contribution in [0.15, 0.2) is 16.0 Å². The summed E-state index contributed by atoms with van der Waals surface area (Å²) in [7, 11) is 0. The number of carbonyl (C=O) groups is 2. The summed E-state index contributed by atoms with van der Waals surface area (Å²) in [5, 5.41) is 9.12. The Kier molecular flexibility index (Phi) is 4.77. The minimum atomic E-state index is -0.381. The van der Waals surface area contributed by atoms with Gasteiger partial charge >= 0.3 is 0 Å². The van der Waals surface area contributed by atoms with Crippen molar-refractivity contribution >= 4 is 23.2 Å². The van der Waals surface area contributed by atoms with Gasteiger partial charge in [0.2, 0.25) is 11.8 Å². The van der Waals surface area contributed by atoms with Crippen LogP contribution in [0.1, 0.15) is 53.6 Å². The third kappa shape index (κ3) is 3.13. The smallest absolute Gasteiger partial charge is 0.261 e. The van der Waals surface area contributed by atoms with Gasteiger partial charge in [0.15, 0.2) is 5.82 Å². The van der Waals surface area contributed by atoms with E-state index in [1.54, 1.807) is 6.92 Å². The third-order valence-electron chi connectivity index (χ3n) is 6.04. The number of aryl methyl sites for hydroxylation is 2. The zero-order valence-corrected chi connectivity index (χ0v) is 17.5. The van der Waals surface area contributed by atoms with Crippen molar-refractivity contribution in [3.8, 4) is 0 Å². The molecule has 1 unspecified atom stereocenters. The largest absolute Gasteiger partial charge is 0.349 e. The molecule has 0 bridgehead atoms. The molecule has 2 amide bonds. The Morgan fingerprint density at radius 2 is 2.18 bits per heavy atom. The summed E-state index contributed by atoms with van der Waals surface area (Å²) < 4.78 is 5.58. The van der Waals surface area contributed by atoms with E-state index in [1.807, 2.05) is 37.1 Å². The molecule has 2 fully saturated rings. The zero-order valence-electron chi connectivity index (χ0n) is 16.7. The minimum absolute atomic E-state index is 0.0237. The first-order valence-electron chi connectivity index (χ1n) is 9.74. The molecule has 1 aliphatic heterocycles. The van der Waals surface area contributed by atoms with E-state index in [1.165, 1.54) is 11.3 Å². The molecule has 0 aromatic carbocycles. The summed E-state index contributed by atoms with van der Waals surface area (Å²) in [4.78, 5) is 32.5. The average molecular weight is 403 g/mol. The number of nitrogens with one attached hydrogen (secondary N) is 1. The molecule has 4 rings (SSSR count). The number of rotatable bonds is 4. The fourth-order valence-electron chi connectivity index (χ4n) is 4.70. The zero-order chi connectivity index (χ0) is 20.1. The Bertz CT molecular complexity index is 905. The molecule has 1 aliphatic carbocycles. The van der Waals surface area contributed by atoms with Gasteiger partial charge in [-0.1, -0.05) is 19.0 Å². The Morgan fingerprint density at radius 1 is 1.39 bits per heavy atom. The molecule has 2 aromatic rings. The molecule has 1 N–H and O–H groups in total. The topological polar surface area (TPSA) is 88.3 Å². The highest BCUT2D eigenvalue weighted by Gasteiger charge is 2.58. The fourth-order valence-corrected chi connectivity index (χ4v) is 5.53. The second-order valence-electron chi connectivity index (χ2n) is 8.42. The number of aromatic nitrogens is 2. The number of amides is 2. The second-order valence-corrected chi connectivity index (χ2v) is 9.33. The van der Waals surface area contributed by atoms with E-state index in [4.69, 9.17) is 4.52 Å². The molecular weight excluding hydrogens is 376 g/mol. The van der Waals surface area contributed by atoms with E-state index in [9.17, 15) is 9.59 Å². The number of hydrogen-bond donors (Lipinski definition) is 1. The molecule has 0 spiro atoms. The molecular formula is C20H26N4O3S. The van der Waals surface area contributed by atoms with Crippen LogP contribution in [0.25, 0.3) is 0 Å². The standard InChI is InChI=1S/C20H26N4O3S/c1-11(2)18(26)24-9-14-7-15(22-17(25)16-12(3)5-6-28-16)8-20(14,10-24)19-21-13(4)23-27-19/h5-6,11,14-15H,7-10H2,1-4H3,(H,22,25)/t14?,15-,20+/m1/s1. The van der Waals surface area contributed by atoms with E-state index < -0.39 is 0 Å². The Morgan fingerprint density at radius 3 is 2.79 bits per heavy atom. The van der Waals surface area contributed by atoms with Crippen LogP contribution < -0.4 is 5.32 Å². The molecule has 3 heterocycles. The first-order chi connectivity index (χ1) is 13.3. The quantitative estimate of drug-likeness (QED) is 0.849. The summed E-state index contributed by atoms with van der Waals surface area (Å²) in [6.45, 7) is 8.84. The van der Waals surface area contributed by atoms with Gasteiger partial charge in [-0.15, -0.1) is 11.3 Å². The van der Waals surface area contributed by atoms with Crippen LogP contribution in [-0.4, -0.2) is 46.0 Å². The maximum atomic E-state index is 12.7. The average Bonchev–Trinajstić information content (AvgIpc) is 3.37. The second kappa shape index (κ2) is 6.99. The summed E-state index contributed by atoms with van der Waals surface area (Å²) in [5.41, 5.74) is 0.616. The lowest BCUT2D eigenvalue weighted by molar-refractivity contribution is -0.133. The molecule has 1 saturated carbocycles. The summed E-state index contributed by atoms with van der Waals surface area (Å²) >= 11 is 1.46. The number of nitrogens with zero attached hydrogens (tertiary/aromatic N) is 3. The van der Waals surface area contributed by atoms with Crippen molar-refractivity contribution in [2.24, 2.45) is 11.8 Å². The van der Waals surface area contributed by atoms with Crippen LogP contribution in [0.3, 0.4) is 0 Å². The SMILES string of the molecule is Cc1noc([C@]23C[C@H](NC(=O)c4sccc4C)CC2CN(C(=O)C(C)C)C3)n1. The Balaban J connectivity index is 1.57. The number of fused-ring (bicyclic) bond motifs is 1. The third-order valence-corrected chi connectivity index (χ3v) is 7.05. The van der Waals surface area contributed by atoms with Crippen LogP contribution in [-0.2, 0) is 10.2 Å². The van der Waals surface area contributed by atoms with Gasteiger partial charge in [-0.05, 0) is 49.6 Å². The highest BCUT2D eigenvalue weighted by molar-refractivity contribution is 7.12. The first-order valence-corrected chi connectivity index (χ1v) is 10.6. The van der Waals surface area contributed by atoms with Crippen molar-refractivity contribution in [2.75, 3.05) is 13.1 Å². The number of carbonyl (C=O) groups excluding carboxylic acids is 2. The highest BCUT2D eigenvalue weighted by atomic mass is 32.1. The van der Waals surface area contributed by atoms with E-state index in [0.29, 0.717) is 31.2 Å². The molecule has 3 atom stereocenters. The van der Waals surface area contributed by atoms with Gasteiger partial charge in [0.05, 0.1) is 10.3 Å². The van der Waals surface area contributed by atoms with Gasteiger partial charge in [0.1, 0.15) is 0 Å². The van der Waals surface area contributed by atoms with Gasteiger partial charge in [-0.3, -0.25) is 9.59 Å². The number of likely N-dealkylation sites (tertiary alicyclic amines) is 1. The van der Waals surface area contributed by atoms with Crippen molar-refractivity contribution in [2.45, 2.75) is 52.0 Å². The van der Waals surface area contributed by atoms with Gasteiger partial charge < -0.3 is 14.7 Å². The fraction of sp³-hybridized carbons (Fsp3) is 0.600. The van der Waals surface area contributed by atoms with Crippen LogP contribution in [0.2, 0.25) is 0 Å². The minimum Gasteiger partial charge on any atom is -0.349 e. The highest BCUT2D eigenvalue weighted by Crippen LogP contribution is 2.50. The van der Waals surface area contributed by atoms with E-state index >= 15 is 0 Å². The summed E-state index contributed by atoms with van der Waals surface area (Å²) in [6, 6.07) is 1.99. The van der Waals surface area contributed by atoms with E-state index in [0.717, 1.165) is 16.9 Å². The molecule has 8 heteroatoms. The van der Waals surface area contributed by atoms with E-state index in [-0.39, 0.29) is 35.1 Å². The van der Waals surface area contributed by atoms with Crippen LogP contribution >= 0.6 is 11.3 Å². The van der Waals surface area contributed by atoms with Crippen molar-refractivity contribution in [1.29, 1.82) is 0 Å². The predicted octanol–water partition coefficient (Wildman–Crippen LogP) is 2.69. The van der Waals surface area contributed by atoms with Gasteiger partial charge in [-0.25, -0.2) is 0 Å². The van der Waals surface area contributed by atoms with Crippen LogP contribution in [0.4, 0.5) is 0 Å². The molecule has 0 radical (unpaired) electrons. The lowest BCUT2D eigenvalue weighted by Crippen LogP contribution is -2.40. The number of hydrogen-bond acceptors (Lipinski definition) is 6. The van der Waals surface area contributed by atoms with Crippen molar-refractivity contribution in [3.05, 3.63) is 33.6 Å². The van der Waals surface area contributed by atoms with Crippen molar-refractivity contribution in [1.82, 2.24) is 20.4 Å². The normalized spacial score (nSPS) is 26.7. The van der Waals surface area contributed by atoms with Gasteiger partial charge in [-0.2, -0.15) is 4.98 Å². The lowest BCUT2D eigenvalue weighted by Gasteiger charge is -2.26. The van der Waals surface area contributed by atoms with Gasteiger partial charge in [0, 0.05) is 25.0 Å². The molecule has 150 valence electrons. The molecule has 1 saturated heterocycles.